The van der Waals surface area contributed by atoms with Crippen molar-refractivity contribution >= 4 is 23.6 Å². The number of anilines is 1. The molecule has 0 aliphatic carbocycles. The molecular formula is C21H26FN5O4. The number of ether oxygens (including phenoxy) is 1. The van der Waals surface area contributed by atoms with E-state index in [1.54, 1.807) is 37.9 Å². The first-order valence-corrected chi connectivity index (χ1v) is 10.1. The van der Waals surface area contributed by atoms with Crippen LogP contribution in [0.3, 0.4) is 0 Å². The number of carbonyl (C=O) groups is 3. The molecule has 1 aliphatic rings. The topological polar surface area (TPSA) is 96.8 Å². The first-order valence-electron chi connectivity index (χ1n) is 10.1. The zero-order valence-electron chi connectivity index (χ0n) is 17.9. The zero-order valence-corrected chi connectivity index (χ0v) is 17.9. The maximum Gasteiger partial charge on any atom is 0.343 e. The van der Waals surface area contributed by atoms with Gasteiger partial charge in [0.1, 0.15) is 17.2 Å². The molecule has 31 heavy (non-hydrogen) atoms. The molecule has 1 aromatic heterocycles. The van der Waals surface area contributed by atoms with Gasteiger partial charge in [0, 0.05) is 38.8 Å². The number of aromatic nitrogens is 2. The predicted molar refractivity (Wildman–Crippen MR) is 111 cm³/mol. The Kier molecular flexibility index (Phi) is 7.01. The van der Waals surface area contributed by atoms with Crippen LogP contribution in [0.25, 0.3) is 0 Å². The van der Waals surface area contributed by atoms with Gasteiger partial charge in [0.2, 0.25) is 5.91 Å². The summed E-state index contributed by atoms with van der Waals surface area (Å²) in [5, 5.41) is 6.72. The molecule has 2 amide bonds. The van der Waals surface area contributed by atoms with Gasteiger partial charge in [0.05, 0.1) is 19.3 Å². The molecule has 2 heterocycles. The summed E-state index contributed by atoms with van der Waals surface area (Å²) in [5.41, 5.74) is 1.00. The molecule has 0 bridgehead atoms. The predicted octanol–water partition coefficient (Wildman–Crippen LogP) is 1.44. The molecule has 0 radical (unpaired) electrons. The van der Waals surface area contributed by atoms with Gasteiger partial charge in [0.25, 0.3) is 5.91 Å². The Hall–Kier alpha value is -3.27. The molecular weight excluding hydrogens is 405 g/mol. The number of carbonyl (C=O) groups excluding carboxylic acids is 3. The van der Waals surface area contributed by atoms with E-state index < -0.39 is 11.8 Å². The standard InChI is InChI=1S/C21H26FN5O4/c1-4-31-21(30)16-12-23-25(3)19(16)24-18(28)13-26-7-9-27(10-8-26)20(29)15-6-5-14(2)17(22)11-15/h5-6,11-12H,4,7-10,13H2,1-3H3,(H,24,28). The van der Waals surface area contributed by atoms with E-state index in [0.29, 0.717) is 37.3 Å². The quantitative estimate of drug-likeness (QED) is 0.696. The van der Waals surface area contributed by atoms with Crippen molar-refractivity contribution in [1.29, 1.82) is 0 Å². The van der Waals surface area contributed by atoms with Crippen molar-refractivity contribution in [2.45, 2.75) is 13.8 Å². The fraction of sp³-hybridized carbons (Fsp3) is 0.429. The van der Waals surface area contributed by atoms with Gasteiger partial charge < -0.3 is 15.0 Å². The summed E-state index contributed by atoms with van der Waals surface area (Å²) in [6, 6.07) is 4.47. The lowest BCUT2D eigenvalue weighted by molar-refractivity contribution is -0.117. The van der Waals surface area contributed by atoms with Crippen LogP contribution < -0.4 is 5.32 Å². The highest BCUT2D eigenvalue weighted by Crippen LogP contribution is 2.16. The third-order valence-electron chi connectivity index (χ3n) is 5.14. The summed E-state index contributed by atoms with van der Waals surface area (Å²) in [7, 11) is 1.62. The van der Waals surface area contributed by atoms with Crippen molar-refractivity contribution in [2.75, 3.05) is 44.6 Å². The van der Waals surface area contributed by atoms with Gasteiger partial charge in [-0.05, 0) is 31.5 Å². The van der Waals surface area contributed by atoms with Crippen LogP contribution in [0, 0.1) is 12.7 Å². The van der Waals surface area contributed by atoms with Crippen molar-refractivity contribution in [3.05, 3.63) is 46.9 Å². The Balaban J connectivity index is 1.54. The van der Waals surface area contributed by atoms with E-state index in [9.17, 15) is 18.8 Å². The summed E-state index contributed by atoms with van der Waals surface area (Å²) in [6.07, 6.45) is 1.35. The smallest absolute Gasteiger partial charge is 0.343 e. The maximum atomic E-state index is 13.8. The van der Waals surface area contributed by atoms with Crippen molar-refractivity contribution in [2.24, 2.45) is 7.05 Å². The minimum Gasteiger partial charge on any atom is -0.462 e. The van der Waals surface area contributed by atoms with Crippen LogP contribution in [0.4, 0.5) is 10.2 Å². The highest BCUT2D eigenvalue weighted by atomic mass is 19.1. The van der Waals surface area contributed by atoms with E-state index in [1.165, 1.54) is 16.9 Å². The summed E-state index contributed by atoms with van der Waals surface area (Å²) < 4.78 is 20.1. The fourth-order valence-corrected chi connectivity index (χ4v) is 3.34. The third-order valence-corrected chi connectivity index (χ3v) is 5.14. The fourth-order valence-electron chi connectivity index (χ4n) is 3.34. The molecule has 1 saturated heterocycles. The van der Waals surface area contributed by atoms with Crippen LogP contribution >= 0.6 is 0 Å². The molecule has 0 atom stereocenters. The van der Waals surface area contributed by atoms with Gasteiger partial charge in [-0.1, -0.05) is 6.07 Å². The molecule has 9 nitrogen and oxygen atoms in total. The van der Waals surface area contributed by atoms with E-state index in [4.69, 9.17) is 4.74 Å². The largest absolute Gasteiger partial charge is 0.462 e. The van der Waals surface area contributed by atoms with Crippen molar-refractivity contribution in [1.82, 2.24) is 19.6 Å². The number of hydrogen-bond donors (Lipinski definition) is 1. The summed E-state index contributed by atoms with van der Waals surface area (Å²) >= 11 is 0. The minimum atomic E-state index is -0.550. The summed E-state index contributed by atoms with van der Waals surface area (Å²) in [6.45, 7) is 5.55. The van der Waals surface area contributed by atoms with Gasteiger partial charge in [-0.3, -0.25) is 19.2 Å². The number of piperazine rings is 1. The molecule has 0 spiro atoms. The number of hydrogen-bond acceptors (Lipinski definition) is 6. The van der Waals surface area contributed by atoms with Crippen LogP contribution in [-0.2, 0) is 16.6 Å². The number of amides is 2. The number of halogens is 1. The SMILES string of the molecule is CCOC(=O)c1cnn(C)c1NC(=O)CN1CCN(C(=O)c2ccc(C)c(F)c2)CC1. The van der Waals surface area contributed by atoms with Gasteiger partial charge in [-0.15, -0.1) is 0 Å². The van der Waals surface area contributed by atoms with Gasteiger partial charge in [0.15, 0.2) is 0 Å². The van der Waals surface area contributed by atoms with E-state index >= 15 is 0 Å². The van der Waals surface area contributed by atoms with Crippen LogP contribution in [0.1, 0.15) is 33.2 Å². The zero-order chi connectivity index (χ0) is 22.5. The molecule has 2 aromatic rings. The highest BCUT2D eigenvalue weighted by molar-refractivity contribution is 6.00. The van der Waals surface area contributed by atoms with Crippen LogP contribution in [0.5, 0.6) is 0 Å². The average molecular weight is 431 g/mol. The number of nitrogens with zero attached hydrogens (tertiary/aromatic N) is 4. The van der Waals surface area contributed by atoms with Crippen molar-refractivity contribution in [3.8, 4) is 0 Å². The van der Waals surface area contributed by atoms with Gasteiger partial charge >= 0.3 is 5.97 Å². The van der Waals surface area contributed by atoms with Crippen LogP contribution in [0.15, 0.2) is 24.4 Å². The number of benzene rings is 1. The Bertz CT molecular complexity index is 982. The van der Waals surface area contributed by atoms with E-state index in [2.05, 4.69) is 10.4 Å². The summed E-state index contributed by atoms with van der Waals surface area (Å²) in [5.74, 6) is -1.20. The molecule has 1 N–H and O–H groups in total. The second-order valence-electron chi connectivity index (χ2n) is 7.33. The Morgan fingerprint density at radius 1 is 1.19 bits per heavy atom. The lowest BCUT2D eigenvalue weighted by atomic mass is 10.1. The molecule has 1 aliphatic heterocycles. The molecule has 0 saturated carbocycles. The van der Waals surface area contributed by atoms with Crippen LogP contribution in [-0.4, -0.2) is 76.7 Å². The third kappa shape index (κ3) is 5.26. The van der Waals surface area contributed by atoms with E-state index in [-0.39, 0.29) is 36.3 Å². The van der Waals surface area contributed by atoms with Gasteiger partial charge in [-0.2, -0.15) is 5.10 Å². The second-order valence-corrected chi connectivity index (χ2v) is 7.33. The number of aryl methyl sites for hydroxylation is 2. The van der Waals surface area contributed by atoms with Crippen molar-refractivity contribution in [3.63, 3.8) is 0 Å². The van der Waals surface area contributed by atoms with E-state index in [1.807, 2.05) is 4.90 Å². The Morgan fingerprint density at radius 2 is 1.90 bits per heavy atom. The Labute approximate surface area is 179 Å². The molecule has 1 aromatic carbocycles. The maximum absolute atomic E-state index is 13.8. The molecule has 10 heteroatoms. The Morgan fingerprint density at radius 3 is 2.55 bits per heavy atom. The highest BCUT2D eigenvalue weighted by Gasteiger charge is 2.25. The number of nitrogens with one attached hydrogen (secondary N) is 1. The molecule has 166 valence electrons. The summed E-state index contributed by atoms with van der Waals surface area (Å²) in [4.78, 5) is 40.7. The lowest BCUT2D eigenvalue weighted by Crippen LogP contribution is -2.50. The minimum absolute atomic E-state index is 0.106. The second kappa shape index (κ2) is 9.69. The first kappa shape index (κ1) is 22.4. The van der Waals surface area contributed by atoms with E-state index in [0.717, 1.165) is 0 Å². The number of rotatable bonds is 6. The number of esters is 1. The molecule has 1 fully saturated rings. The normalized spacial score (nSPS) is 14.4. The average Bonchev–Trinajstić information content (AvgIpc) is 3.10. The lowest BCUT2D eigenvalue weighted by Gasteiger charge is -2.34. The van der Waals surface area contributed by atoms with Crippen LogP contribution in [0.2, 0.25) is 0 Å². The van der Waals surface area contributed by atoms with Crippen molar-refractivity contribution < 1.29 is 23.5 Å². The molecule has 0 unspecified atom stereocenters. The monoisotopic (exact) mass is 431 g/mol. The molecule has 3 rings (SSSR count). The van der Waals surface area contributed by atoms with Gasteiger partial charge in [-0.25, -0.2) is 9.18 Å². The first-order chi connectivity index (χ1) is 14.8.